The number of halogens is 1. The lowest BCUT2D eigenvalue weighted by molar-refractivity contribution is 0.229. The van der Waals surface area contributed by atoms with Crippen LogP contribution < -0.4 is 4.90 Å². The molecule has 1 aliphatic heterocycles. The fraction of sp³-hybridized carbons (Fsp3) is 0.308. The minimum absolute atomic E-state index is 0.0440. The van der Waals surface area contributed by atoms with E-state index in [9.17, 15) is 4.79 Å². The maximum absolute atomic E-state index is 12.1. The number of urea groups is 1. The quantitative estimate of drug-likeness (QED) is 0.778. The van der Waals surface area contributed by atoms with Crippen molar-refractivity contribution in [3.8, 4) is 0 Å². The molecule has 5 heteroatoms. The number of hydrogen-bond acceptors (Lipinski definition) is 1. The molecule has 3 rings (SSSR count). The first-order valence-corrected chi connectivity index (χ1v) is 6.23. The number of fused-ring (bicyclic) bond motifs is 1. The van der Waals surface area contributed by atoms with Gasteiger partial charge in [-0.05, 0) is 18.2 Å². The smallest absolute Gasteiger partial charge is 0.324 e. The third-order valence-corrected chi connectivity index (χ3v) is 3.67. The summed E-state index contributed by atoms with van der Waals surface area (Å²) in [7, 11) is 3.80. The van der Waals surface area contributed by atoms with Gasteiger partial charge in [-0.15, -0.1) is 0 Å². The Hall–Kier alpha value is -1.68. The molecular formula is C13H14ClN3O. The van der Waals surface area contributed by atoms with Gasteiger partial charge in [-0.1, -0.05) is 11.6 Å². The molecule has 2 amide bonds. The van der Waals surface area contributed by atoms with Gasteiger partial charge in [0.2, 0.25) is 0 Å². The van der Waals surface area contributed by atoms with Crippen LogP contribution in [0.3, 0.4) is 0 Å². The molecule has 0 atom stereocenters. The minimum Gasteiger partial charge on any atom is -0.348 e. The van der Waals surface area contributed by atoms with E-state index in [1.807, 2.05) is 43.1 Å². The summed E-state index contributed by atoms with van der Waals surface area (Å²) in [5.41, 5.74) is 2.01. The summed E-state index contributed by atoms with van der Waals surface area (Å²) in [5, 5.41) is 1.71. The highest BCUT2D eigenvalue weighted by atomic mass is 35.5. The molecule has 1 aromatic carbocycles. The zero-order valence-electron chi connectivity index (χ0n) is 10.4. The van der Waals surface area contributed by atoms with Crippen molar-refractivity contribution in [3.63, 3.8) is 0 Å². The van der Waals surface area contributed by atoms with E-state index in [-0.39, 0.29) is 6.03 Å². The molecule has 0 saturated carbocycles. The van der Waals surface area contributed by atoms with E-state index >= 15 is 0 Å². The van der Waals surface area contributed by atoms with Crippen molar-refractivity contribution in [2.75, 3.05) is 25.0 Å². The molecule has 4 nitrogen and oxygen atoms in total. The predicted molar refractivity (Wildman–Crippen MR) is 73.3 cm³/mol. The summed E-state index contributed by atoms with van der Waals surface area (Å²) in [6.45, 7) is 1.48. The fourth-order valence-corrected chi connectivity index (χ4v) is 2.60. The van der Waals surface area contributed by atoms with Crippen LogP contribution in [0.1, 0.15) is 0 Å². The van der Waals surface area contributed by atoms with Crippen molar-refractivity contribution in [1.29, 1.82) is 0 Å². The van der Waals surface area contributed by atoms with Crippen LogP contribution in [0.2, 0.25) is 5.02 Å². The van der Waals surface area contributed by atoms with E-state index in [0.29, 0.717) is 5.02 Å². The van der Waals surface area contributed by atoms with Crippen LogP contribution in [0.5, 0.6) is 0 Å². The largest absolute Gasteiger partial charge is 0.348 e. The van der Waals surface area contributed by atoms with Crippen LogP contribution in [0, 0.1) is 0 Å². The van der Waals surface area contributed by atoms with E-state index in [4.69, 9.17) is 11.6 Å². The Kier molecular flexibility index (Phi) is 2.48. The van der Waals surface area contributed by atoms with Crippen LogP contribution in [0.15, 0.2) is 24.4 Å². The summed E-state index contributed by atoms with van der Waals surface area (Å²) in [4.78, 5) is 15.6. The second-order valence-corrected chi connectivity index (χ2v) is 5.08. The van der Waals surface area contributed by atoms with Crippen LogP contribution in [0.25, 0.3) is 10.9 Å². The minimum atomic E-state index is 0.0440. The molecule has 94 valence electrons. The Labute approximate surface area is 110 Å². The van der Waals surface area contributed by atoms with E-state index in [1.54, 1.807) is 9.80 Å². The lowest BCUT2D eigenvalue weighted by atomic mass is 10.2. The van der Waals surface area contributed by atoms with Gasteiger partial charge in [-0.2, -0.15) is 0 Å². The SMILES string of the molecule is CN1CCN(c2cn(C)c3ccc(Cl)cc23)C1=O. The first-order valence-electron chi connectivity index (χ1n) is 5.85. The van der Waals surface area contributed by atoms with Gasteiger partial charge in [0.15, 0.2) is 0 Å². The van der Waals surface area contributed by atoms with E-state index < -0.39 is 0 Å². The average molecular weight is 264 g/mol. The van der Waals surface area contributed by atoms with Gasteiger partial charge in [0, 0.05) is 43.8 Å². The van der Waals surface area contributed by atoms with Crippen molar-refractivity contribution >= 4 is 34.2 Å². The van der Waals surface area contributed by atoms with Gasteiger partial charge in [-0.3, -0.25) is 4.90 Å². The number of hydrogen-bond donors (Lipinski definition) is 0. The molecule has 18 heavy (non-hydrogen) atoms. The van der Waals surface area contributed by atoms with Crippen molar-refractivity contribution in [2.24, 2.45) is 7.05 Å². The molecule has 0 aliphatic carbocycles. The maximum Gasteiger partial charge on any atom is 0.324 e. The molecular weight excluding hydrogens is 250 g/mol. The van der Waals surface area contributed by atoms with Gasteiger partial charge in [0.1, 0.15) is 0 Å². The van der Waals surface area contributed by atoms with Crippen molar-refractivity contribution in [3.05, 3.63) is 29.4 Å². The highest BCUT2D eigenvalue weighted by Crippen LogP contribution is 2.32. The zero-order chi connectivity index (χ0) is 12.9. The molecule has 0 N–H and O–H groups in total. The predicted octanol–water partition coefficient (Wildman–Crippen LogP) is 2.70. The summed E-state index contributed by atoms with van der Waals surface area (Å²) < 4.78 is 2.02. The van der Waals surface area contributed by atoms with Gasteiger partial charge in [0.05, 0.1) is 11.2 Å². The summed E-state index contributed by atoms with van der Waals surface area (Å²) in [6.07, 6.45) is 1.98. The summed E-state index contributed by atoms with van der Waals surface area (Å²) >= 11 is 6.05. The first kappa shape index (κ1) is 11.4. The van der Waals surface area contributed by atoms with Crippen LogP contribution >= 0.6 is 11.6 Å². The number of nitrogens with zero attached hydrogens (tertiary/aromatic N) is 3. The fourth-order valence-electron chi connectivity index (χ4n) is 2.43. The lowest BCUT2D eigenvalue weighted by Crippen LogP contribution is -2.28. The average Bonchev–Trinajstić information content (AvgIpc) is 2.82. The molecule has 1 aromatic heterocycles. The molecule has 2 heterocycles. The monoisotopic (exact) mass is 263 g/mol. The number of carbonyl (C=O) groups excluding carboxylic acids is 1. The normalized spacial score (nSPS) is 16.1. The van der Waals surface area contributed by atoms with Gasteiger partial charge in [0.25, 0.3) is 0 Å². The first-order chi connectivity index (χ1) is 8.58. The Morgan fingerprint density at radius 1 is 1.22 bits per heavy atom. The van der Waals surface area contributed by atoms with Crippen molar-refractivity contribution in [2.45, 2.75) is 0 Å². The zero-order valence-corrected chi connectivity index (χ0v) is 11.1. The Morgan fingerprint density at radius 3 is 2.67 bits per heavy atom. The van der Waals surface area contributed by atoms with E-state index in [0.717, 1.165) is 29.7 Å². The molecule has 1 fully saturated rings. The molecule has 0 unspecified atom stereocenters. The number of rotatable bonds is 1. The topological polar surface area (TPSA) is 28.5 Å². The summed E-state index contributed by atoms with van der Waals surface area (Å²) in [6, 6.07) is 5.80. The van der Waals surface area contributed by atoms with Gasteiger partial charge in [-0.25, -0.2) is 4.79 Å². The molecule has 0 spiro atoms. The van der Waals surface area contributed by atoms with Crippen molar-refractivity contribution in [1.82, 2.24) is 9.47 Å². The standard InChI is InChI=1S/C13H14ClN3O/c1-15-5-6-17(13(15)18)12-8-16(2)11-4-3-9(14)7-10(11)12/h3-4,7-8H,5-6H2,1-2H3. The number of anilines is 1. The molecule has 0 bridgehead atoms. The Balaban J connectivity index is 2.18. The molecule has 2 aromatic rings. The number of aryl methyl sites for hydroxylation is 1. The second kappa shape index (κ2) is 3.92. The van der Waals surface area contributed by atoms with Crippen LogP contribution in [0.4, 0.5) is 10.5 Å². The maximum atomic E-state index is 12.1. The highest BCUT2D eigenvalue weighted by Gasteiger charge is 2.28. The van der Waals surface area contributed by atoms with E-state index in [2.05, 4.69) is 0 Å². The lowest BCUT2D eigenvalue weighted by Gasteiger charge is -2.14. The summed E-state index contributed by atoms with van der Waals surface area (Å²) in [5.74, 6) is 0. The van der Waals surface area contributed by atoms with Crippen molar-refractivity contribution < 1.29 is 4.79 Å². The van der Waals surface area contributed by atoms with Gasteiger partial charge < -0.3 is 9.47 Å². The van der Waals surface area contributed by atoms with Gasteiger partial charge >= 0.3 is 6.03 Å². The third-order valence-electron chi connectivity index (χ3n) is 3.44. The number of amides is 2. The second-order valence-electron chi connectivity index (χ2n) is 4.64. The number of carbonyl (C=O) groups is 1. The highest BCUT2D eigenvalue weighted by molar-refractivity contribution is 6.31. The number of likely N-dealkylation sites (N-methyl/N-ethyl adjacent to an activating group) is 1. The Bertz CT molecular complexity index is 634. The molecule has 1 saturated heterocycles. The third kappa shape index (κ3) is 1.56. The molecule has 1 aliphatic rings. The Morgan fingerprint density at radius 2 is 2.00 bits per heavy atom. The number of benzene rings is 1. The molecule has 0 radical (unpaired) electrons. The number of aromatic nitrogens is 1. The van der Waals surface area contributed by atoms with E-state index in [1.165, 1.54) is 0 Å². The van der Waals surface area contributed by atoms with Crippen LogP contribution in [-0.2, 0) is 7.05 Å². The van der Waals surface area contributed by atoms with Crippen LogP contribution in [-0.4, -0.2) is 35.6 Å².